The molecule has 90 valence electrons. The van der Waals surface area contributed by atoms with Crippen LogP contribution in [0.2, 0.25) is 0 Å². The summed E-state index contributed by atoms with van der Waals surface area (Å²) in [5, 5.41) is 0. The fraction of sp³-hybridized carbons (Fsp3) is 0.188. The van der Waals surface area contributed by atoms with E-state index < -0.39 is 5.60 Å². The SMILES string of the molecule is Cc1cccc(C2(C(=O)c3ccccc3)CO2)c1. The van der Waals surface area contributed by atoms with Gasteiger partial charge in [-0.1, -0.05) is 60.2 Å². The molecule has 0 N–H and O–H groups in total. The lowest BCUT2D eigenvalue weighted by Crippen LogP contribution is -2.22. The molecule has 3 rings (SSSR count). The van der Waals surface area contributed by atoms with Crippen LogP contribution in [0.4, 0.5) is 0 Å². The molecule has 1 unspecified atom stereocenters. The van der Waals surface area contributed by atoms with E-state index in [9.17, 15) is 4.79 Å². The Morgan fingerprint density at radius 1 is 1.11 bits per heavy atom. The average Bonchev–Trinajstić information content (AvgIpc) is 3.20. The summed E-state index contributed by atoms with van der Waals surface area (Å²) in [6.07, 6.45) is 0. The highest BCUT2D eigenvalue weighted by molar-refractivity contribution is 6.04. The van der Waals surface area contributed by atoms with Gasteiger partial charge in [0.15, 0.2) is 5.60 Å². The van der Waals surface area contributed by atoms with Gasteiger partial charge in [0.25, 0.3) is 0 Å². The molecule has 0 amide bonds. The van der Waals surface area contributed by atoms with Crippen molar-refractivity contribution >= 4 is 5.78 Å². The van der Waals surface area contributed by atoms with E-state index in [1.54, 1.807) is 0 Å². The number of carbonyl (C=O) groups is 1. The van der Waals surface area contributed by atoms with Crippen LogP contribution >= 0.6 is 0 Å². The van der Waals surface area contributed by atoms with Crippen molar-refractivity contribution in [3.05, 3.63) is 71.3 Å². The zero-order valence-electron chi connectivity index (χ0n) is 10.2. The number of ether oxygens (including phenoxy) is 1. The molecule has 1 atom stereocenters. The van der Waals surface area contributed by atoms with Gasteiger partial charge < -0.3 is 4.74 Å². The summed E-state index contributed by atoms with van der Waals surface area (Å²) in [4.78, 5) is 12.5. The van der Waals surface area contributed by atoms with E-state index in [0.717, 1.165) is 11.1 Å². The lowest BCUT2D eigenvalue weighted by atomic mass is 9.90. The van der Waals surface area contributed by atoms with Crippen LogP contribution in [0.25, 0.3) is 0 Å². The summed E-state index contributed by atoms with van der Waals surface area (Å²) in [5.74, 6) is 0.0497. The van der Waals surface area contributed by atoms with Crippen molar-refractivity contribution in [3.8, 4) is 0 Å². The number of ketones is 1. The summed E-state index contributed by atoms with van der Waals surface area (Å²) >= 11 is 0. The van der Waals surface area contributed by atoms with Crippen LogP contribution in [0, 0.1) is 6.92 Å². The summed E-state index contributed by atoms with van der Waals surface area (Å²) in [6.45, 7) is 2.50. The number of carbonyl (C=O) groups excluding carboxylic acids is 1. The highest BCUT2D eigenvalue weighted by Gasteiger charge is 2.53. The molecule has 1 saturated heterocycles. The highest BCUT2D eigenvalue weighted by atomic mass is 16.6. The Morgan fingerprint density at radius 3 is 2.44 bits per heavy atom. The van der Waals surface area contributed by atoms with Crippen LogP contribution in [-0.2, 0) is 10.3 Å². The Morgan fingerprint density at radius 2 is 1.83 bits per heavy atom. The Balaban J connectivity index is 1.99. The predicted octanol–water partition coefficient (Wildman–Crippen LogP) is 3.10. The van der Waals surface area contributed by atoms with Gasteiger partial charge in [0, 0.05) is 5.56 Å². The molecule has 1 aliphatic rings. The maximum atomic E-state index is 12.5. The van der Waals surface area contributed by atoms with Gasteiger partial charge in [-0.15, -0.1) is 0 Å². The Labute approximate surface area is 106 Å². The van der Waals surface area contributed by atoms with Crippen LogP contribution in [-0.4, -0.2) is 12.4 Å². The number of benzene rings is 2. The first-order chi connectivity index (χ1) is 8.72. The van der Waals surface area contributed by atoms with Crippen molar-refractivity contribution in [2.45, 2.75) is 12.5 Å². The first-order valence-corrected chi connectivity index (χ1v) is 6.03. The average molecular weight is 238 g/mol. The van der Waals surface area contributed by atoms with E-state index in [0.29, 0.717) is 12.2 Å². The number of Topliss-reactive ketones (excluding diaryl/α,β-unsaturated/α-hetero) is 1. The minimum absolute atomic E-state index is 0.0497. The quantitative estimate of drug-likeness (QED) is 0.607. The second-order valence-corrected chi connectivity index (χ2v) is 4.68. The van der Waals surface area contributed by atoms with Gasteiger partial charge >= 0.3 is 0 Å². The molecule has 2 nitrogen and oxygen atoms in total. The topological polar surface area (TPSA) is 29.6 Å². The first-order valence-electron chi connectivity index (χ1n) is 6.03. The smallest absolute Gasteiger partial charge is 0.201 e. The second-order valence-electron chi connectivity index (χ2n) is 4.68. The van der Waals surface area contributed by atoms with Crippen LogP contribution in [0.15, 0.2) is 54.6 Å². The molecule has 0 radical (unpaired) electrons. The van der Waals surface area contributed by atoms with E-state index in [1.165, 1.54) is 0 Å². The van der Waals surface area contributed by atoms with Crippen molar-refractivity contribution in [2.24, 2.45) is 0 Å². The summed E-state index contributed by atoms with van der Waals surface area (Å²) in [6, 6.07) is 17.3. The molecule has 0 bridgehead atoms. The van der Waals surface area contributed by atoms with Crippen LogP contribution in [0.5, 0.6) is 0 Å². The van der Waals surface area contributed by atoms with Crippen molar-refractivity contribution < 1.29 is 9.53 Å². The predicted molar refractivity (Wildman–Crippen MR) is 69.6 cm³/mol. The van der Waals surface area contributed by atoms with Gasteiger partial charge in [-0.25, -0.2) is 0 Å². The number of aryl methyl sites for hydroxylation is 1. The van der Waals surface area contributed by atoms with Crippen molar-refractivity contribution in [3.63, 3.8) is 0 Å². The van der Waals surface area contributed by atoms with E-state index in [1.807, 2.05) is 61.5 Å². The van der Waals surface area contributed by atoms with Gasteiger partial charge in [-0.05, 0) is 12.5 Å². The molecular weight excluding hydrogens is 224 g/mol. The van der Waals surface area contributed by atoms with Crippen LogP contribution in [0.1, 0.15) is 21.5 Å². The fourth-order valence-corrected chi connectivity index (χ4v) is 2.22. The maximum Gasteiger partial charge on any atom is 0.201 e. The molecule has 2 aromatic carbocycles. The van der Waals surface area contributed by atoms with Crippen LogP contribution < -0.4 is 0 Å². The number of rotatable bonds is 3. The largest absolute Gasteiger partial charge is 0.356 e. The minimum atomic E-state index is -0.743. The van der Waals surface area contributed by atoms with Gasteiger partial charge in [-0.3, -0.25) is 4.79 Å². The second kappa shape index (κ2) is 4.07. The molecule has 0 aromatic heterocycles. The zero-order valence-corrected chi connectivity index (χ0v) is 10.2. The van der Waals surface area contributed by atoms with Gasteiger partial charge in [0.1, 0.15) is 0 Å². The molecular formula is C16H14O2. The Kier molecular flexibility index (Phi) is 2.53. The van der Waals surface area contributed by atoms with E-state index in [-0.39, 0.29) is 5.78 Å². The number of hydrogen-bond acceptors (Lipinski definition) is 2. The third kappa shape index (κ3) is 1.75. The third-order valence-corrected chi connectivity index (χ3v) is 3.32. The van der Waals surface area contributed by atoms with Gasteiger partial charge in [-0.2, -0.15) is 0 Å². The maximum absolute atomic E-state index is 12.5. The van der Waals surface area contributed by atoms with E-state index in [2.05, 4.69) is 0 Å². The van der Waals surface area contributed by atoms with Crippen molar-refractivity contribution in [1.29, 1.82) is 0 Å². The fourth-order valence-electron chi connectivity index (χ4n) is 2.22. The zero-order chi connectivity index (χ0) is 12.6. The molecule has 0 aliphatic carbocycles. The molecule has 18 heavy (non-hydrogen) atoms. The standard InChI is InChI=1S/C16H14O2/c1-12-6-5-9-14(10-12)16(11-18-16)15(17)13-7-3-2-4-8-13/h2-10H,11H2,1H3. The van der Waals surface area contributed by atoms with Crippen LogP contribution in [0.3, 0.4) is 0 Å². The Hall–Kier alpha value is -1.93. The minimum Gasteiger partial charge on any atom is -0.356 e. The highest BCUT2D eigenvalue weighted by Crippen LogP contribution is 2.41. The van der Waals surface area contributed by atoms with E-state index in [4.69, 9.17) is 4.74 Å². The molecule has 2 heteroatoms. The van der Waals surface area contributed by atoms with Gasteiger partial charge in [0.05, 0.1) is 6.61 Å². The first kappa shape index (κ1) is 11.2. The molecule has 0 spiro atoms. The molecule has 1 fully saturated rings. The molecule has 1 heterocycles. The van der Waals surface area contributed by atoms with Crippen molar-refractivity contribution in [2.75, 3.05) is 6.61 Å². The molecule has 2 aromatic rings. The third-order valence-electron chi connectivity index (χ3n) is 3.32. The normalized spacial score (nSPS) is 21.6. The lowest BCUT2D eigenvalue weighted by Gasteiger charge is -2.12. The monoisotopic (exact) mass is 238 g/mol. The van der Waals surface area contributed by atoms with E-state index >= 15 is 0 Å². The molecule has 1 aliphatic heterocycles. The molecule has 0 saturated carbocycles. The van der Waals surface area contributed by atoms with Gasteiger partial charge in [0.2, 0.25) is 5.78 Å². The summed E-state index contributed by atoms with van der Waals surface area (Å²) in [7, 11) is 0. The van der Waals surface area contributed by atoms with Crippen molar-refractivity contribution in [1.82, 2.24) is 0 Å². The number of hydrogen-bond donors (Lipinski definition) is 0. The summed E-state index contributed by atoms with van der Waals surface area (Å²) in [5.41, 5.74) is 2.06. The Bertz CT molecular complexity index is 583. The lowest BCUT2D eigenvalue weighted by molar-refractivity contribution is 0.0871. The number of epoxide rings is 1. The summed E-state index contributed by atoms with van der Waals surface area (Å²) < 4.78 is 5.50.